The molecule has 6 heteroatoms. The number of aryl methyl sites for hydroxylation is 1. The Morgan fingerprint density at radius 1 is 0.909 bits per heavy atom. The largest absolute Gasteiger partial charge is 0.379 e. The van der Waals surface area contributed by atoms with Crippen molar-refractivity contribution >= 4 is 5.57 Å². The Hall–Kier alpha value is -3.25. The fraction of sp³-hybridized carbons (Fsp3) is 0.370. The van der Waals surface area contributed by atoms with Crippen LogP contribution in [0.3, 0.4) is 0 Å². The number of halogens is 4. The van der Waals surface area contributed by atoms with Gasteiger partial charge in [0.05, 0.1) is 0 Å². The Kier molecular flexibility index (Phi) is 11.5. The summed E-state index contributed by atoms with van der Waals surface area (Å²) in [6, 6.07) is 11.1. The molecule has 0 heterocycles. The van der Waals surface area contributed by atoms with E-state index in [1.54, 1.807) is 7.05 Å². The van der Waals surface area contributed by atoms with Crippen molar-refractivity contribution in [3.8, 4) is 18.9 Å². The molecule has 0 aliphatic heterocycles. The number of terminal acetylenes is 1. The van der Waals surface area contributed by atoms with E-state index in [0.29, 0.717) is 25.1 Å². The molecule has 0 aliphatic carbocycles. The molecule has 1 N–H and O–H groups in total. The summed E-state index contributed by atoms with van der Waals surface area (Å²) in [7, 11) is 1.65. The number of nitrogens with one attached hydrogen (secondary N) is 1. The van der Waals surface area contributed by atoms with Gasteiger partial charge >= 0.3 is 0 Å². The lowest BCUT2D eigenvalue weighted by Crippen LogP contribution is -2.13. The molecule has 0 bridgehead atoms. The third-order valence-electron chi connectivity index (χ3n) is 4.72. The maximum absolute atomic E-state index is 13.9. The van der Waals surface area contributed by atoms with Crippen LogP contribution < -0.4 is 5.32 Å². The minimum absolute atomic E-state index is 0.219. The van der Waals surface area contributed by atoms with Crippen molar-refractivity contribution in [2.45, 2.75) is 59.8 Å². The average molecular weight is 461 g/mol. The Balaban J connectivity index is 0.00000242. The van der Waals surface area contributed by atoms with Crippen molar-refractivity contribution in [2.75, 3.05) is 7.05 Å². The second kappa shape index (κ2) is 12.7. The Morgan fingerprint density at radius 2 is 1.36 bits per heavy atom. The minimum Gasteiger partial charge on any atom is -0.379 e. The van der Waals surface area contributed by atoms with E-state index in [1.807, 2.05) is 45.9 Å². The van der Waals surface area contributed by atoms with Crippen LogP contribution in [-0.2, 0) is 18.3 Å². The lowest BCUT2D eigenvalue weighted by Gasteiger charge is -2.18. The highest BCUT2D eigenvalue weighted by molar-refractivity contribution is 5.70. The molecule has 0 saturated carbocycles. The second-order valence-corrected chi connectivity index (χ2v) is 7.44. The fourth-order valence-corrected chi connectivity index (χ4v) is 3.19. The lowest BCUT2D eigenvalue weighted by atomic mass is 9.93. The van der Waals surface area contributed by atoms with Gasteiger partial charge < -0.3 is 5.32 Å². The second-order valence-electron chi connectivity index (χ2n) is 7.44. The zero-order valence-corrected chi connectivity index (χ0v) is 20.3. The van der Waals surface area contributed by atoms with Gasteiger partial charge in [-0.25, -0.2) is 17.6 Å². The summed E-state index contributed by atoms with van der Waals surface area (Å²) in [6.45, 7) is 9.09. The summed E-state index contributed by atoms with van der Waals surface area (Å²) in [4.78, 5) is 0. The summed E-state index contributed by atoms with van der Waals surface area (Å²) in [5, 5.41) is 12.1. The molecule has 0 aliphatic rings. The number of alkyl halides is 4. The molecule has 0 atom stereocenters. The van der Waals surface area contributed by atoms with E-state index in [1.165, 1.54) is 12.1 Å². The molecule has 2 aromatic carbocycles. The zero-order chi connectivity index (χ0) is 26.0. The first-order chi connectivity index (χ1) is 15.3. The topological polar surface area (TPSA) is 35.8 Å². The van der Waals surface area contributed by atoms with Crippen LogP contribution in [0.15, 0.2) is 42.1 Å². The van der Waals surface area contributed by atoms with E-state index < -0.39 is 23.0 Å². The fourth-order valence-electron chi connectivity index (χ4n) is 3.19. The van der Waals surface area contributed by atoms with E-state index in [4.69, 9.17) is 0 Å². The Morgan fingerprint density at radius 3 is 1.76 bits per heavy atom. The molecule has 178 valence electrons. The van der Waals surface area contributed by atoms with Gasteiger partial charge in [0.15, 0.2) is 0 Å². The van der Waals surface area contributed by atoms with E-state index in [-0.39, 0.29) is 6.42 Å². The number of nitriles is 1. The van der Waals surface area contributed by atoms with Crippen LogP contribution in [0.4, 0.5) is 17.6 Å². The number of rotatable bonds is 6. The third kappa shape index (κ3) is 8.66. The third-order valence-corrected chi connectivity index (χ3v) is 4.72. The van der Waals surface area contributed by atoms with Crippen LogP contribution in [0.5, 0.6) is 0 Å². The number of hydrogen-bond acceptors (Lipinski definition) is 2. The maximum atomic E-state index is 13.9. The van der Waals surface area contributed by atoms with Gasteiger partial charge in [-0.1, -0.05) is 37.6 Å². The number of allylic oxidation sites excluding steroid dienone is 2. The number of nitrogens with zero attached hydrogens (tertiary/aromatic N) is 1. The summed E-state index contributed by atoms with van der Waals surface area (Å²) >= 11 is 0. The SMILES string of the molecule is C#C.CC.CN/C(C#N)=C(\C)c1cc(C)cc(Cc2cc(C(C)(F)F)cc(C(C)(F)F)c2)c1. The first-order valence-electron chi connectivity index (χ1n) is 10.5. The quantitative estimate of drug-likeness (QED) is 0.274. The molecule has 0 radical (unpaired) electrons. The first-order valence-corrected chi connectivity index (χ1v) is 10.5. The number of hydrogen-bond donors (Lipinski definition) is 1. The molecular formula is C27H32F4N2. The van der Waals surface area contributed by atoms with Crippen LogP contribution in [-0.4, -0.2) is 7.05 Å². The minimum atomic E-state index is -3.22. The van der Waals surface area contributed by atoms with Gasteiger partial charge in [0, 0.05) is 32.0 Å². The maximum Gasteiger partial charge on any atom is 0.270 e. The predicted molar refractivity (Wildman–Crippen MR) is 128 cm³/mol. The van der Waals surface area contributed by atoms with Gasteiger partial charge in [0.1, 0.15) is 11.8 Å². The lowest BCUT2D eigenvalue weighted by molar-refractivity contribution is 0.0104. The molecule has 0 saturated heterocycles. The van der Waals surface area contributed by atoms with Gasteiger partial charge in [-0.05, 0) is 60.7 Å². The molecule has 0 amide bonds. The number of benzene rings is 2. The monoisotopic (exact) mass is 460 g/mol. The van der Waals surface area contributed by atoms with E-state index in [0.717, 1.165) is 28.3 Å². The molecule has 0 fully saturated rings. The van der Waals surface area contributed by atoms with Crippen molar-refractivity contribution in [1.82, 2.24) is 5.32 Å². The van der Waals surface area contributed by atoms with Crippen LogP contribution in [0.25, 0.3) is 5.57 Å². The average Bonchev–Trinajstić information content (AvgIpc) is 2.75. The van der Waals surface area contributed by atoms with Crippen LogP contribution in [0.1, 0.15) is 68.0 Å². The van der Waals surface area contributed by atoms with Gasteiger partial charge in [-0.15, -0.1) is 12.8 Å². The molecule has 0 spiro atoms. The van der Waals surface area contributed by atoms with Crippen molar-refractivity contribution in [3.63, 3.8) is 0 Å². The predicted octanol–water partition coefficient (Wildman–Crippen LogP) is 7.56. The van der Waals surface area contributed by atoms with Gasteiger partial charge in [0.25, 0.3) is 11.8 Å². The van der Waals surface area contributed by atoms with E-state index >= 15 is 0 Å². The normalized spacial score (nSPS) is 11.6. The Labute approximate surface area is 195 Å². The summed E-state index contributed by atoms with van der Waals surface area (Å²) in [5.74, 6) is -6.44. The van der Waals surface area contributed by atoms with E-state index in [2.05, 4.69) is 24.2 Å². The molecule has 33 heavy (non-hydrogen) atoms. The van der Waals surface area contributed by atoms with Gasteiger partial charge in [0.2, 0.25) is 0 Å². The summed E-state index contributed by atoms with van der Waals surface area (Å²) < 4.78 is 55.4. The van der Waals surface area contributed by atoms with Crippen molar-refractivity contribution < 1.29 is 17.6 Å². The molecule has 2 aromatic rings. The highest BCUT2D eigenvalue weighted by atomic mass is 19.3. The zero-order valence-electron chi connectivity index (χ0n) is 20.3. The first kappa shape index (κ1) is 29.8. The van der Waals surface area contributed by atoms with Crippen molar-refractivity contribution in [3.05, 3.63) is 75.5 Å². The standard InChI is InChI=1S/C23H24F4N2.C2H6.C2H2/c1-14-6-16(9-18(7-14)15(2)21(13-28)29-5)8-17-10-19(22(3,24)25)12-20(11-17)23(4,26)27;2*1-2/h6-7,9-12,29H,8H2,1-5H3;1-2H3;1-2H/b21-15+;;. The highest BCUT2D eigenvalue weighted by Crippen LogP contribution is 2.35. The van der Waals surface area contributed by atoms with Crippen molar-refractivity contribution in [2.24, 2.45) is 0 Å². The molecule has 0 unspecified atom stereocenters. The molecular weight excluding hydrogens is 428 g/mol. The van der Waals surface area contributed by atoms with E-state index in [9.17, 15) is 22.8 Å². The van der Waals surface area contributed by atoms with Crippen LogP contribution in [0.2, 0.25) is 0 Å². The van der Waals surface area contributed by atoms with Gasteiger partial charge in [-0.2, -0.15) is 5.26 Å². The molecule has 0 aromatic heterocycles. The summed E-state index contributed by atoms with van der Waals surface area (Å²) in [6.07, 6.45) is 8.22. The van der Waals surface area contributed by atoms with Gasteiger partial charge in [-0.3, -0.25) is 0 Å². The van der Waals surface area contributed by atoms with Crippen LogP contribution >= 0.6 is 0 Å². The summed E-state index contributed by atoms with van der Waals surface area (Å²) in [5.41, 5.74) is 3.20. The Bertz CT molecular complexity index is 985. The highest BCUT2D eigenvalue weighted by Gasteiger charge is 2.30. The molecule has 2 nitrogen and oxygen atoms in total. The molecule has 2 rings (SSSR count). The van der Waals surface area contributed by atoms with Crippen LogP contribution in [0, 0.1) is 31.1 Å². The smallest absolute Gasteiger partial charge is 0.270 e. The van der Waals surface area contributed by atoms with Crippen molar-refractivity contribution in [1.29, 1.82) is 5.26 Å².